The largest absolute Gasteiger partial charge is 0.481 e. The number of ether oxygens (including phenoxy) is 1. The summed E-state index contributed by atoms with van der Waals surface area (Å²) < 4.78 is 24.2. The van der Waals surface area contributed by atoms with Gasteiger partial charge in [0.1, 0.15) is 11.6 Å². The Balaban J connectivity index is 1.40. The second-order valence-electron chi connectivity index (χ2n) is 6.90. The molecule has 158 valence electrons. The van der Waals surface area contributed by atoms with Crippen LogP contribution in [0.5, 0.6) is 5.75 Å². The number of hydrogen-bond donors (Lipinski definition) is 1. The minimum atomic E-state index is -0.496. The van der Waals surface area contributed by atoms with Gasteiger partial charge in [0.2, 0.25) is 5.91 Å². The molecule has 0 fully saturated rings. The van der Waals surface area contributed by atoms with E-state index < -0.39 is 6.10 Å². The van der Waals surface area contributed by atoms with Crippen molar-refractivity contribution >= 4 is 17.7 Å². The van der Waals surface area contributed by atoms with Gasteiger partial charge in [0.25, 0.3) is 11.1 Å². The Bertz CT molecular complexity index is 934. The minimum absolute atomic E-state index is 0.0701. The van der Waals surface area contributed by atoms with Crippen molar-refractivity contribution in [1.29, 1.82) is 0 Å². The van der Waals surface area contributed by atoms with Crippen molar-refractivity contribution in [2.75, 3.05) is 5.75 Å². The zero-order valence-electron chi connectivity index (χ0n) is 16.9. The third-order valence-electron chi connectivity index (χ3n) is 4.34. The molecular formula is C22H24FN3O3S. The van der Waals surface area contributed by atoms with Gasteiger partial charge in [-0.05, 0) is 56.5 Å². The van der Waals surface area contributed by atoms with Gasteiger partial charge in [-0.2, -0.15) is 0 Å². The van der Waals surface area contributed by atoms with Crippen molar-refractivity contribution in [2.45, 2.75) is 44.1 Å². The fourth-order valence-corrected chi connectivity index (χ4v) is 3.34. The van der Waals surface area contributed by atoms with Crippen molar-refractivity contribution < 1.29 is 18.3 Å². The number of nitrogens with one attached hydrogen (secondary N) is 1. The maximum atomic E-state index is 13.0. The van der Waals surface area contributed by atoms with Crippen molar-refractivity contribution in [2.24, 2.45) is 0 Å². The van der Waals surface area contributed by atoms with E-state index in [1.807, 2.05) is 25.1 Å². The van der Waals surface area contributed by atoms with E-state index in [0.717, 1.165) is 12.8 Å². The summed E-state index contributed by atoms with van der Waals surface area (Å²) in [7, 11) is 0. The highest BCUT2D eigenvalue weighted by Crippen LogP contribution is 2.24. The van der Waals surface area contributed by atoms with Crippen LogP contribution in [0.1, 0.15) is 37.8 Å². The van der Waals surface area contributed by atoms with Crippen LogP contribution in [-0.4, -0.2) is 27.9 Å². The van der Waals surface area contributed by atoms with E-state index in [-0.39, 0.29) is 23.5 Å². The van der Waals surface area contributed by atoms with E-state index in [4.69, 9.17) is 9.15 Å². The molecule has 3 rings (SSSR count). The summed E-state index contributed by atoms with van der Waals surface area (Å²) >= 11 is 1.17. The average Bonchev–Trinajstić information content (AvgIpc) is 3.22. The zero-order chi connectivity index (χ0) is 21.3. The number of thioether (sulfide) groups is 1. The zero-order valence-corrected chi connectivity index (χ0v) is 17.7. The van der Waals surface area contributed by atoms with Crippen LogP contribution in [0.25, 0.3) is 0 Å². The van der Waals surface area contributed by atoms with Crippen LogP contribution in [0.2, 0.25) is 0 Å². The Morgan fingerprint density at radius 2 is 1.87 bits per heavy atom. The van der Waals surface area contributed by atoms with Crippen molar-refractivity contribution in [3.8, 4) is 5.75 Å². The number of carbonyl (C=O) groups excluding carboxylic acids is 1. The van der Waals surface area contributed by atoms with Gasteiger partial charge in [-0.15, -0.1) is 10.2 Å². The summed E-state index contributed by atoms with van der Waals surface area (Å²) in [4.78, 5) is 12.2. The molecule has 0 aliphatic carbocycles. The van der Waals surface area contributed by atoms with Crippen LogP contribution in [0.3, 0.4) is 0 Å². The van der Waals surface area contributed by atoms with Crippen molar-refractivity contribution in [3.05, 3.63) is 71.9 Å². The number of hydrogen-bond acceptors (Lipinski definition) is 6. The van der Waals surface area contributed by atoms with E-state index in [1.165, 1.54) is 41.6 Å². The predicted molar refractivity (Wildman–Crippen MR) is 113 cm³/mol. The molecule has 2 aromatic carbocycles. The lowest BCUT2D eigenvalue weighted by Crippen LogP contribution is -2.34. The molecule has 3 aromatic rings. The molecule has 0 radical (unpaired) electrons. The maximum Gasteiger partial charge on any atom is 0.277 e. The fraction of sp³-hybridized carbons (Fsp3) is 0.318. The molecule has 0 aliphatic heterocycles. The molecule has 0 bridgehead atoms. The molecule has 0 spiro atoms. The molecule has 1 N–H and O–H groups in total. The summed E-state index contributed by atoms with van der Waals surface area (Å²) in [5.41, 5.74) is 1.25. The summed E-state index contributed by atoms with van der Waals surface area (Å²) in [6.07, 6.45) is 1.28. The number of amides is 1. The quantitative estimate of drug-likeness (QED) is 0.476. The van der Waals surface area contributed by atoms with Gasteiger partial charge >= 0.3 is 0 Å². The van der Waals surface area contributed by atoms with Gasteiger partial charge in [-0.1, -0.05) is 42.1 Å². The van der Waals surface area contributed by atoms with Gasteiger partial charge in [0, 0.05) is 6.04 Å². The lowest BCUT2D eigenvalue weighted by molar-refractivity contribution is -0.119. The first-order valence-electron chi connectivity index (χ1n) is 9.71. The van der Waals surface area contributed by atoms with Crippen molar-refractivity contribution in [3.63, 3.8) is 0 Å². The number of aromatic nitrogens is 2. The van der Waals surface area contributed by atoms with Crippen LogP contribution in [-0.2, 0) is 11.2 Å². The van der Waals surface area contributed by atoms with Gasteiger partial charge < -0.3 is 14.5 Å². The predicted octanol–water partition coefficient (Wildman–Crippen LogP) is 4.58. The molecule has 2 atom stereocenters. The van der Waals surface area contributed by atoms with Crippen LogP contribution in [0, 0.1) is 5.82 Å². The molecule has 1 heterocycles. The molecule has 6 nitrogen and oxygen atoms in total. The summed E-state index contributed by atoms with van der Waals surface area (Å²) in [6.45, 7) is 3.75. The molecule has 0 saturated carbocycles. The number of nitrogens with zero attached hydrogens (tertiary/aromatic N) is 2. The molecule has 0 saturated heterocycles. The molecule has 1 aromatic heterocycles. The molecule has 2 unspecified atom stereocenters. The highest BCUT2D eigenvalue weighted by Gasteiger charge is 2.17. The Labute approximate surface area is 179 Å². The summed E-state index contributed by atoms with van der Waals surface area (Å²) in [5.74, 6) is 0.554. The first-order chi connectivity index (χ1) is 14.5. The van der Waals surface area contributed by atoms with Gasteiger partial charge in [-0.3, -0.25) is 4.79 Å². The number of carbonyl (C=O) groups is 1. The number of rotatable bonds is 10. The third kappa shape index (κ3) is 6.88. The van der Waals surface area contributed by atoms with Gasteiger partial charge in [0.05, 0.1) is 5.75 Å². The average molecular weight is 430 g/mol. The van der Waals surface area contributed by atoms with E-state index in [1.54, 1.807) is 6.92 Å². The number of aryl methyl sites for hydroxylation is 1. The van der Waals surface area contributed by atoms with E-state index in [9.17, 15) is 9.18 Å². The summed E-state index contributed by atoms with van der Waals surface area (Å²) in [5, 5.41) is 11.2. The second kappa shape index (κ2) is 10.8. The van der Waals surface area contributed by atoms with E-state index in [2.05, 4.69) is 27.6 Å². The molecule has 8 heteroatoms. The lowest BCUT2D eigenvalue weighted by Gasteiger charge is -2.13. The Kier molecular flexibility index (Phi) is 7.84. The lowest BCUT2D eigenvalue weighted by atomic mass is 10.1. The van der Waals surface area contributed by atoms with Gasteiger partial charge in [0.15, 0.2) is 6.10 Å². The monoisotopic (exact) mass is 429 g/mol. The Morgan fingerprint density at radius 3 is 2.60 bits per heavy atom. The summed E-state index contributed by atoms with van der Waals surface area (Å²) in [6, 6.07) is 15.9. The third-order valence-corrected chi connectivity index (χ3v) is 5.16. The molecule has 1 amide bonds. The Hall–Kier alpha value is -2.87. The van der Waals surface area contributed by atoms with E-state index >= 15 is 0 Å². The SMILES string of the molecule is CC(CCc1ccccc1)NC(=O)CSc1nnc(C(C)Oc2ccc(F)cc2)o1. The van der Waals surface area contributed by atoms with E-state index in [0.29, 0.717) is 16.9 Å². The highest BCUT2D eigenvalue weighted by molar-refractivity contribution is 7.99. The van der Waals surface area contributed by atoms with Crippen LogP contribution in [0.4, 0.5) is 4.39 Å². The van der Waals surface area contributed by atoms with Crippen LogP contribution in [0.15, 0.2) is 64.2 Å². The maximum absolute atomic E-state index is 13.0. The highest BCUT2D eigenvalue weighted by atomic mass is 32.2. The number of halogens is 1. The minimum Gasteiger partial charge on any atom is -0.481 e. The van der Waals surface area contributed by atoms with Crippen LogP contribution >= 0.6 is 11.8 Å². The standard InChI is InChI=1S/C22H24FN3O3S/c1-15(8-9-17-6-4-3-5-7-17)24-20(27)14-30-22-26-25-21(29-22)16(2)28-19-12-10-18(23)11-13-19/h3-7,10-13,15-16H,8-9,14H2,1-2H3,(H,24,27). The first-order valence-corrected chi connectivity index (χ1v) is 10.7. The fourth-order valence-electron chi connectivity index (χ4n) is 2.75. The first kappa shape index (κ1) is 21.8. The van der Waals surface area contributed by atoms with Crippen molar-refractivity contribution in [1.82, 2.24) is 15.5 Å². The Morgan fingerprint density at radius 1 is 1.13 bits per heavy atom. The molecular weight excluding hydrogens is 405 g/mol. The normalized spacial score (nSPS) is 12.9. The van der Waals surface area contributed by atoms with Crippen LogP contribution < -0.4 is 10.1 Å². The second-order valence-corrected chi connectivity index (χ2v) is 7.83. The van der Waals surface area contributed by atoms with Gasteiger partial charge in [-0.25, -0.2) is 4.39 Å². The smallest absolute Gasteiger partial charge is 0.277 e. The topological polar surface area (TPSA) is 77.2 Å². The number of benzene rings is 2. The molecule has 30 heavy (non-hydrogen) atoms. The molecule has 0 aliphatic rings.